The van der Waals surface area contributed by atoms with Gasteiger partial charge in [0.25, 0.3) is 0 Å². The lowest BCUT2D eigenvalue weighted by Crippen LogP contribution is -1.81. The molecule has 0 aliphatic rings. The molecule has 1 N–H and O–H groups in total. The summed E-state index contributed by atoms with van der Waals surface area (Å²) < 4.78 is 4.76. The predicted molar refractivity (Wildman–Crippen MR) is 62.8 cm³/mol. The Morgan fingerprint density at radius 1 is 1.36 bits per heavy atom. The molecule has 14 heavy (non-hydrogen) atoms. The van der Waals surface area contributed by atoms with Gasteiger partial charge in [0.05, 0.1) is 5.02 Å². The second kappa shape index (κ2) is 3.98. The van der Waals surface area contributed by atoms with Crippen molar-refractivity contribution in [2.75, 3.05) is 0 Å². The maximum atomic E-state index is 6.00. The van der Waals surface area contributed by atoms with Crippen LogP contribution in [0.1, 0.15) is 0 Å². The summed E-state index contributed by atoms with van der Waals surface area (Å²) in [5.74, 6) is 0.682. The standard InChI is InChI=1S/C8H4Cl2N2S2/c9-4-1-2-5(6(10)3-4)7-11-8(13)14-12-7/h1-3H,(H,11,12,13). The maximum Gasteiger partial charge on any atom is 0.178 e. The van der Waals surface area contributed by atoms with Crippen molar-refractivity contribution in [3.8, 4) is 11.4 Å². The van der Waals surface area contributed by atoms with Crippen molar-refractivity contribution in [1.29, 1.82) is 0 Å². The summed E-state index contributed by atoms with van der Waals surface area (Å²) in [5, 5.41) is 1.17. The van der Waals surface area contributed by atoms with Crippen LogP contribution in [0.15, 0.2) is 18.2 Å². The first-order valence-electron chi connectivity index (χ1n) is 3.68. The van der Waals surface area contributed by atoms with Crippen LogP contribution in [0, 0.1) is 3.95 Å². The van der Waals surface area contributed by atoms with Crippen LogP contribution < -0.4 is 0 Å². The molecule has 1 heterocycles. The van der Waals surface area contributed by atoms with Gasteiger partial charge in [-0.3, -0.25) is 0 Å². The highest BCUT2D eigenvalue weighted by atomic mass is 35.5. The van der Waals surface area contributed by atoms with Crippen LogP contribution in [0.3, 0.4) is 0 Å². The Morgan fingerprint density at radius 2 is 2.14 bits per heavy atom. The van der Waals surface area contributed by atoms with Crippen molar-refractivity contribution < 1.29 is 0 Å². The van der Waals surface area contributed by atoms with Crippen molar-refractivity contribution in [3.63, 3.8) is 0 Å². The fourth-order valence-electron chi connectivity index (χ4n) is 1.03. The Morgan fingerprint density at radius 3 is 2.71 bits per heavy atom. The predicted octanol–water partition coefficient (Wildman–Crippen LogP) is 4.17. The van der Waals surface area contributed by atoms with Crippen molar-refractivity contribution in [2.45, 2.75) is 0 Å². The van der Waals surface area contributed by atoms with E-state index >= 15 is 0 Å². The number of aromatic amines is 1. The minimum absolute atomic E-state index is 0.564. The molecule has 0 spiro atoms. The fourth-order valence-corrected chi connectivity index (χ4v) is 2.19. The summed E-state index contributed by atoms with van der Waals surface area (Å²) >= 11 is 17.9. The molecular formula is C8H4Cl2N2S2. The third kappa shape index (κ3) is 1.98. The average Bonchev–Trinajstić information content (AvgIpc) is 2.51. The van der Waals surface area contributed by atoms with Gasteiger partial charge >= 0.3 is 0 Å². The van der Waals surface area contributed by atoms with Crippen LogP contribution in [0.2, 0.25) is 10.0 Å². The summed E-state index contributed by atoms with van der Waals surface area (Å²) in [5.41, 5.74) is 0.809. The molecule has 0 amide bonds. The van der Waals surface area contributed by atoms with E-state index < -0.39 is 0 Å². The lowest BCUT2D eigenvalue weighted by Gasteiger charge is -1.99. The van der Waals surface area contributed by atoms with Gasteiger partial charge < -0.3 is 4.98 Å². The second-order valence-electron chi connectivity index (χ2n) is 2.57. The number of halogens is 2. The summed E-state index contributed by atoms with van der Waals surface area (Å²) in [4.78, 5) is 2.95. The molecular weight excluding hydrogens is 259 g/mol. The molecule has 0 fully saturated rings. The minimum atomic E-state index is 0.564. The quantitative estimate of drug-likeness (QED) is 0.782. The van der Waals surface area contributed by atoms with E-state index in [1.54, 1.807) is 12.1 Å². The van der Waals surface area contributed by atoms with E-state index in [-0.39, 0.29) is 0 Å². The molecule has 0 atom stereocenters. The van der Waals surface area contributed by atoms with Crippen LogP contribution in [0.4, 0.5) is 0 Å². The Bertz CT molecular complexity index is 518. The summed E-state index contributed by atoms with van der Waals surface area (Å²) in [7, 11) is 0. The monoisotopic (exact) mass is 262 g/mol. The number of nitrogens with zero attached hydrogens (tertiary/aromatic N) is 1. The number of benzene rings is 1. The Balaban J connectivity index is 2.57. The molecule has 2 aromatic rings. The van der Waals surface area contributed by atoms with Crippen LogP contribution in [-0.4, -0.2) is 9.36 Å². The van der Waals surface area contributed by atoms with Crippen LogP contribution in [0.5, 0.6) is 0 Å². The zero-order chi connectivity index (χ0) is 10.1. The van der Waals surface area contributed by atoms with Gasteiger partial charge in [0, 0.05) is 10.6 Å². The van der Waals surface area contributed by atoms with E-state index in [2.05, 4.69) is 9.36 Å². The van der Waals surface area contributed by atoms with E-state index in [1.807, 2.05) is 6.07 Å². The van der Waals surface area contributed by atoms with Gasteiger partial charge in [0.2, 0.25) is 0 Å². The molecule has 0 saturated carbocycles. The Labute approximate surface area is 99.7 Å². The van der Waals surface area contributed by atoms with Gasteiger partial charge in [-0.25, -0.2) is 0 Å². The average molecular weight is 263 g/mol. The molecule has 0 aliphatic heterocycles. The highest BCUT2D eigenvalue weighted by Crippen LogP contribution is 2.28. The molecule has 2 rings (SSSR count). The third-order valence-electron chi connectivity index (χ3n) is 1.63. The van der Waals surface area contributed by atoms with Gasteiger partial charge in [0.15, 0.2) is 9.78 Å². The first kappa shape index (κ1) is 10.1. The highest BCUT2D eigenvalue weighted by Gasteiger charge is 2.06. The molecule has 0 radical (unpaired) electrons. The van der Waals surface area contributed by atoms with Gasteiger partial charge in [-0.1, -0.05) is 23.2 Å². The fraction of sp³-hybridized carbons (Fsp3) is 0. The highest BCUT2D eigenvalue weighted by molar-refractivity contribution is 7.73. The van der Waals surface area contributed by atoms with Crippen LogP contribution in [0.25, 0.3) is 11.4 Å². The smallest absolute Gasteiger partial charge is 0.178 e. The largest absolute Gasteiger partial charge is 0.320 e. The third-order valence-corrected chi connectivity index (χ3v) is 3.04. The Hall–Kier alpha value is -0.420. The Kier molecular flexibility index (Phi) is 2.88. The van der Waals surface area contributed by atoms with Crippen molar-refractivity contribution in [3.05, 3.63) is 32.2 Å². The van der Waals surface area contributed by atoms with Gasteiger partial charge in [-0.05, 0) is 41.9 Å². The lowest BCUT2D eigenvalue weighted by atomic mass is 10.2. The molecule has 2 nitrogen and oxygen atoms in total. The van der Waals surface area contributed by atoms with Gasteiger partial charge in [-0.2, -0.15) is 4.37 Å². The van der Waals surface area contributed by atoms with Crippen molar-refractivity contribution in [1.82, 2.24) is 9.36 Å². The molecule has 1 aromatic carbocycles. The topological polar surface area (TPSA) is 28.7 Å². The zero-order valence-corrected chi connectivity index (χ0v) is 9.90. The number of hydrogen-bond donors (Lipinski definition) is 1. The van der Waals surface area contributed by atoms with Gasteiger partial charge in [-0.15, -0.1) is 0 Å². The number of hydrogen-bond acceptors (Lipinski definition) is 3. The van der Waals surface area contributed by atoms with E-state index in [0.717, 1.165) is 5.56 Å². The molecule has 72 valence electrons. The van der Waals surface area contributed by atoms with E-state index in [1.165, 1.54) is 11.5 Å². The molecule has 0 saturated heterocycles. The molecule has 0 bridgehead atoms. The SMILES string of the molecule is S=c1[nH]c(-c2ccc(Cl)cc2Cl)ns1. The second-order valence-corrected chi connectivity index (χ2v) is 4.85. The molecule has 0 unspecified atom stereocenters. The maximum absolute atomic E-state index is 6.00. The summed E-state index contributed by atoms with van der Waals surface area (Å²) in [6.45, 7) is 0. The summed E-state index contributed by atoms with van der Waals surface area (Å²) in [6.07, 6.45) is 0. The normalized spacial score (nSPS) is 10.4. The van der Waals surface area contributed by atoms with Crippen LogP contribution >= 0.6 is 47.0 Å². The van der Waals surface area contributed by atoms with Crippen LogP contribution in [-0.2, 0) is 0 Å². The van der Waals surface area contributed by atoms with E-state index in [0.29, 0.717) is 19.8 Å². The van der Waals surface area contributed by atoms with Crippen molar-refractivity contribution >= 4 is 47.0 Å². The number of H-pyrrole nitrogens is 1. The van der Waals surface area contributed by atoms with Gasteiger partial charge in [0.1, 0.15) is 0 Å². The zero-order valence-electron chi connectivity index (χ0n) is 6.75. The minimum Gasteiger partial charge on any atom is -0.320 e. The number of nitrogens with one attached hydrogen (secondary N) is 1. The summed E-state index contributed by atoms with van der Waals surface area (Å²) in [6, 6.07) is 5.25. The van der Waals surface area contributed by atoms with E-state index in [9.17, 15) is 0 Å². The molecule has 6 heteroatoms. The first-order chi connectivity index (χ1) is 6.66. The van der Waals surface area contributed by atoms with E-state index in [4.69, 9.17) is 35.4 Å². The first-order valence-corrected chi connectivity index (χ1v) is 5.62. The lowest BCUT2D eigenvalue weighted by molar-refractivity contribution is 1.31. The van der Waals surface area contributed by atoms with Crippen molar-refractivity contribution in [2.24, 2.45) is 0 Å². The molecule has 1 aromatic heterocycles. The number of rotatable bonds is 1. The molecule has 0 aliphatic carbocycles. The number of aromatic nitrogens is 2.